The lowest BCUT2D eigenvalue weighted by atomic mass is 10.2. The standard InChI is InChI=1S/C21H17ClN4O/c22-16-12-10-15(11-13-16)21-23-18-8-4-5-9-19(18)26(21)14-20(27)25-24-17-6-2-1-3-7-17/h1-13,24H,14H2,(H,25,27). The lowest BCUT2D eigenvalue weighted by Gasteiger charge is -2.11. The van der Waals surface area contributed by atoms with Crippen molar-refractivity contribution in [2.75, 3.05) is 5.43 Å². The summed E-state index contributed by atoms with van der Waals surface area (Å²) in [6.07, 6.45) is 0. The number of halogens is 1. The second-order valence-electron chi connectivity index (χ2n) is 6.06. The maximum atomic E-state index is 12.5. The quantitative estimate of drug-likeness (QED) is 0.504. The first kappa shape index (κ1) is 17.1. The molecule has 0 bridgehead atoms. The van der Waals surface area contributed by atoms with Crippen LogP contribution in [0, 0.1) is 0 Å². The number of anilines is 1. The van der Waals surface area contributed by atoms with E-state index in [4.69, 9.17) is 16.6 Å². The van der Waals surface area contributed by atoms with Crippen molar-refractivity contribution in [3.8, 4) is 11.4 Å². The molecule has 134 valence electrons. The lowest BCUT2D eigenvalue weighted by molar-refractivity contribution is -0.121. The number of para-hydroxylation sites is 3. The summed E-state index contributed by atoms with van der Waals surface area (Å²) >= 11 is 6.00. The van der Waals surface area contributed by atoms with E-state index in [1.54, 1.807) is 0 Å². The van der Waals surface area contributed by atoms with Crippen LogP contribution in [0.3, 0.4) is 0 Å². The summed E-state index contributed by atoms with van der Waals surface area (Å²) in [7, 11) is 0. The first-order valence-corrected chi connectivity index (χ1v) is 8.89. The highest BCUT2D eigenvalue weighted by molar-refractivity contribution is 6.30. The molecule has 3 aromatic carbocycles. The van der Waals surface area contributed by atoms with E-state index in [-0.39, 0.29) is 12.5 Å². The van der Waals surface area contributed by atoms with Gasteiger partial charge in [0, 0.05) is 10.6 Å². The molecule has 0 fully saturated rings. The van der Waals surface area contributed by atoms with Crippen LogP contribution in [-0.2, 0) is 11.3 Å². The molecule has 0 atom stereocenters. The Morgan fingerprint density at radius 1 is 0.926 bits per heavy atom. The first-order valence-electron chi connectivity index (χ1n) is 8.52. The molecule has 0 saturated heterocycles. The predicted octanol–water partition coefficient (Wildman–Crippen LogP) is 4.50. The summed E-state index contributed by atoms with van der Waals surface area (Å²) in [6.45, 7) is 0.137. The Hall–Kier alpha value is -3.31. The number of carbonyl (C=O) groups excluding carboxylic acids is 1. The lowest BCUT2D eigenvalue weighted by Crippen LogP contribution is -2.32. The van der Waals surface area contributed by atoms with Gasteiger partial charge >= 0.3 is 0 Å². The Bertz CT molecular complexity index is 1070. The minimum absolute atomic E-state index is 0.137. The van der Waals surface area contributed by atoms with Crippen molar-refractivity contribution >= 4 is 34.2 Å². The van der Waals surface area contributed by atoms with Crippen LogP contribution in [0.2, 0.25) is 5.02 Å². The second-order valence-corrected chi connectivity index (χ2v) is 6.49. The van der Waals surface area contributed by atoms with E-state index in [1.165, 1.54) is 0 Å². The minimum atomic E-state index is -0.169. The number of imidazole rings is 1. The summed E-state index contributed by atoms with van der Waals surface area (Å²) in [4.78, 5) is 17.2. The molecule has 1 heterocycles. The third kappa shape index (κ3) is 3.78. The molecule has 0 spiro atoms. The van der Waals surface area contributed by atoms with Crippen LogP contribution in [0.5, 0.6) is 0 Å². The number of hydrogen-bond donors (Lipinski definition) is 2. The number of amides is 1. The number of benzene rings is 3. The highest BCUT2D eigenvalue weighted by Crippen LogP contribution is 2.25. The molecule has 0 saturated carbocycles. The third-order valence-corrected chi connectivity index (χ3v) is 4.43. The van der Waals surface area contributed by atoms with Gasteiger partial charge in [0.1, 0.15) is 12.4 Å². The number of fused-ring (bicyclic) bond motifs is 1. The van der Waals surface area contributed by atoms with Gasteiger partial charge in [-0.1, -0.05) is 41.9 Å². The summed E-state index contributed by atoms with van der Waals surface area (Å²) in [5.74, 6) is 0.556. The van der Waals surface area contributed by atoms with Gasteiger partial charge in [0.15, 0.2) is 0 Å². The number of aromatic nitrogens is 2. The highest BCUT2D eigenvalue weighted by atomic mass is 35.5. The van der Waals surface area contributed by atoms with Crippen LogP contribution >= 0.6 is 11.6 Å². The molecule has 4 aromatic rings. The summed E-state index contributed by atoms with van der Waals surface area (Å²) in [6, 6.07) is 24.7. The molecule has 0 radical (unpaired) electrons. The Morgan fingerprint density at radius 2 is 1.63 bits per heavy atom. The molecule has 27 heavy (non-hydrogen) atoms. The molecule has 4 rings (SSSR count). The van der Waals surface area contributed by atoms with Crippen molar-refractivity contribution in [1.29, 1.82) is 0 Å². The van der Waals surface area contributed by atoms with E-state index in [1.807, 2.05) is 83.4 Å². The monoisotopic (exact) mass is 376 g/mol. The number of hydrogen-bond acceptors (Lipinski definition) is 3. The van der Waals surface area contributed by atoms with E-state index in [0.717, 1.165) is 28.1 Å². The van der Waals surface area contributed by atoms with Gasteiger partial charge in [-0.3, -0.25) is 15.6 Å². The van der Waals surface area contributed by atoms with Crippen molar-refractivity contribution in [2.45, 2.75) is 6.54 Å². The molecule has 0 aliphatic heterocycles. The number of nitrogens with zero attached hydrogens (tertiary/aromatic N) is 2. The van der Waals surface area contributed by atoms with Crippen LogP contribution < -0.4 is 10.9 Å². The normalized spacial score (nSPS) is 10.7. The van der Waals surface area contributed by atoms with Gasteiger partial charge in [0.2, 0.25) is 0 Å². The highest BCUT2D eigenvalue weighted by Gasteiger charge is 2.15. The van der Waals surface area contributed by atoms with Crippen LogP contribution in [-0.4, -0.2) is 15.5 Å². The van der Waals surface area contributed by atoms with Gasteiger partial charge in [-0.05, 0) is 48.5 Å². The van der Waals surface area contributed by atoms with Crippen molar-refractivity contribution in [2.24, 2.45) is 0 Å². The number of carbonyl (C=O) groups is 1. The fourth-order valence-corrected chi connectivity index (χ4v) is 3.03. The molecule has 0 aliphatic carbocycles. The molecular formula is C21H17ClN4O. The smallest absolute Gasteiger partial charge is 0.258 e. The maximum Gasteiger partial charge on any atom is 0.258 e. The van der Waals surface area contributed by atoms with E-state index in [2.05, 4.69) is 10.9 Å². The van der Waals surface area contributed by atoms with Gasteiger partial charge in [0.05, 0.1) is 16.7 Å². The third-order valence-electron chi connectivity index (χ3n) is 4.18. The van der Waals surface area contributed by atoms with Crippen molar-refractivity contribution in [1.82, 2.24) is 15.0 Å². The van der Waals surface area contributed by atoms with Gasteiger partial charge in [-0.25, -0.2) is 4.98 Å². The molecule has 1 amide bonds. The molecule has 0 unspecified atom stereocenters. The Morgan fingerprint density at radius 3 is 2.41 bits per heavy atom. The van der Waals surface area contributed by atoms with Gasteiger partial charge in [-0.15, -0.1) is 0 Å². The van der Waals surface area contributed by atoms with E-state index in [9.17, 15) is 4.79 Å². The largest absolute Gasteiger partial charge is 0.314 e. The van der Waals surface area contributed by atoms with Crippen LogP contribution in [0.1, 0.15) is 0 Å². The van der Waals surface area contributed by atoms with E-state index in [0.29, 0.717) is 5.02 Å². The van der Waals surface area contributed by atoms with Crippen LogP contribution in [0.4, 0.5) is 5.69 Å². The van der Waals surface area contributed by atoms with Crippen molar-refractivity contribution in [3.05, 3.63) is 83.9 Å². The molecule has 1 aromatic heterocycles. The van der Waals surface area contributed by atoms with E-state index >= 15 is 0 Å². The Labute approximate surface area is 161 Å². The molecule has 5 nitrogen and oxygen atoms in total. The minimum Gasteiger partial charge on any atom is -0.314 e. The molecular weight excluding hydrogens is 360 g/mol. The Balaban J connectivity index is 1.62. The maximum absolute atomic E-state index is 12.5. The van der Waals surface area contributed by atoms with Crippen LogP contribution in [0.25, 0.3) is 22.4 Å². The second kappa shape index (κ2) is 7.51. The molecule has 6 heteroatoms. The summed E-state index contributed by atoms with van der Waals surface area (Å²) in [5, 5.41) is 0.659. The average Bonchev–Trinajstić information content (AvgIpc) is 3.06. The number of rotatable bonds is 5. The molecule has 0 aliphatic rings. The fourth-order valence-electron chi connectivity index (χ4n) is 2.90. The van der Waals surface area contributed by atoms with Crippen LogP contribution in [0.15, 0.2) is 78.9 Å². The number of nitrogens with one attached hydrogen (secondary N) is 2. The zero-order valence-corrected chi connectivity index (χ0v) is 15.1. The zero-order valence-electron chi connectivity index (χ0n) is 14.4. The van der Waals surface area contributed by atoms with Gasteiger partial charge in [0.25, 0.3) is 5.91 Å². The Kier molecular flexibility index (Phi) is 4.77. The molecule has 2 N–H and O–H groups in total. The summed E-state index contributed by atoms with van der Waals surface area (Å²) < 4.78 is 1.90. The first-order chi connectivity index (χ1) is 13.2. The summed E-state index contributed by atoms with van der Waals surface area (Å²) in [5.41, 5.74) is 9.11. The van der Waals surface area contributed by atoms with Gasteiger partial charge in [-0.2, -0.15) is 0 Å². The SMILES string of the molecule is O=C(Cn1c(-c2ccc(Cl)cc2)nc2ccccc21)NNc1ccccc1. The van der Waals surface area contributed by atoms with Gasteiger partial charge < -0.3 is 4.57 Å². The van der Waals surface area contributed by atoms with Crippen molar-refractivity contribution < 1.29 is 4.79 Å². The predicted molar refractivity (Wildman–Crippen MR) is 108 cm³/mol. The van der Waals surface area contributed by atoms with Crippen molar-refractivity contribution in [3.63, 3.8) is 0 Å². The average molecular weight is 377 g/mol. The fraction of sp³-hybridized carbons (Fsp3) is 0.0476. The topological polar surface area (TPSA) is 59.0 Å². The number of hydrazine groups is 1. The van der Waals surface area contributed by atoms with E-state index < -0.39 is 0 Å². The zero-order chi connectivity index (χ0) is 18.6.